The van der Waals surface area contributed by atoms with E-state index in [0.29, 0.717) is 0 Å². The summed E-state index contributed by atoms with van der Waals surface area (Å²) < 4.78 is 23.8. The first-order chi connectivity index (χ1) is 12.9. The van der Waals surface area contributed by atoms with Gasteiger partial charge in [0, 0.05) is 0 Å². The van der Waals surface area contributed by atoms with Crippen molar-refractivity contribution in [2.75, 3.05) is 19.5 Å². The van der Waals surface area contributed by atoms with Gasteiger partial charge >= 0.3 is 0 Å². The SMILES string of the molecule is COc1cc(/C=C(/C#N)C(=O)Nc2ccccc2F)c([N+](=O)[O-])cc1OC. The minimum absolute atomic E-state index is 0.0436. The number of hydrogen-bond acceptors (Lipinski definition) is 6. The number of para-hydroxylation sites is 1. The van der Waals surface area contributed by atoms with E-state index >= 15 is 0 Å². The van der Waals surface area contributed by atoms with E-state index in [4.69, 9.17) is 9.47 Å². The number of benzene rings is 2. The smallest absolute Gasteiger partial charge is 0.280 e. The zero-order chi connectivity index (χ0) is 20.0. The van der Waals surface area contributed by atoms with Crippen LogP contribution in [0.4, 0.5) is 15.8 Å². The summed E-state index contributed by atoms with van der Waals surface area (Å²) in [5, 5.41) is 22.8. The van der Waals surface area contributed by atoms with Gasteiger partial charge in [0.25, 0.3) is 11.6 Å². The van der Waals surface area contributed by atoms with Gasteiger partial charge in [-0.2, -0.15) is 5.26 Å². The van der Waals surface area contributed by atoms with Gasteiger partial charge in [0.15, 0.2) is 11.5 Å². The molecule has 2 aromatic carbocycles. The molecular formula is C18H14FN3O5. The average molecular weight is 371 g/mol. The largest absolute Gasteiger partial charge is 0.493 e. The lowest BCUT2D eigenvalue weighted by molar-refractivity contribution is -0.385. The van der Waals surface area contributed by atoms with Crippen LogP contribution < -0.4 is 14.8 Å². The molecule has 2 aromatic rings. The molecule has 0 saturated heterocycles. The summed E-state index contributed by atoms with van der Waals surface area (Å²) in [6, 6.07) is 9.46. The van der Waals surface area contributed by atoms with Crippen LogP contribution in [0.15, 0.2) is 42.0 Å². The van der Waals surface area contributed by atoms with Crippen molar-refractivity contribution in [3.63, 3.8) is 0 Å². The van der Waals surface area contributed by atoms with E-state index in [1.165, 1.54) is 38.5 Å². The van der Waals surface area contributed by atoms with Crippen LogP contribution >= 0.6 is 0 Å². The first-order valence-electron chi connectivity index (χ1n) is 7.49. The van der Waals surface area contributed by atoms with E-state index in [2.05, 4.69) is 5.32 Å². The predicted molar refractivity (Wildman–Crippen MR) is 94.8 cm³/mol. The molecule has 0 aliphatic rings. The molecule has 138 valence electrons. The highest BCUT2D eigenvalue weighted by Gasteiger charge is 2.20. The van der Waals surface area contributed by atoms with Gasteiger partial charge in [0.05, 0.1) is 36.5 Å². The Bertz CT molecular complexity index is 966. The molecule has 0 radical (unpaired) electrons. The van der Waals surface area contributed by atoms with Crippen LogP contribution in [0, 0.1) is 27.3 Å². The van der Waals surface area contributed by atoms with Crippen molar-refractivity contribution < 1.29 is 23.6 Å². The summed E-state index contributed by atoms with van der Waals surface area (Å²) in [6.07, 6.45) is 1.02. The molecule has 0 aliphatic heterocycles. The molecule has 0 saturated carbocycles. The first-order valence-corrected chi connectivity index (χ1v) is 7.49. The number of rotatable bonds is 6. The second-order valence-corrected chi connectivity index (χ2v) is 5.13. The lowest BCUT2D eigenvalue weighted by Crippen LogP contribution is -2.14. The number of methoxy groups -OCH3 is 2. The van der Waals surface area contributed by atoms with Crippen molar-refractivity contribution in [3.8, 4) is 17.6 Å². The number of nitriles is 1. The van der Waals surface area contributed by atoms with Crippen LogP contribution in [-0.4, -0.2) is 25.1 Å². The van der Waals surface area contributed by atoms with E-state index in [1.807, 2.05) is 0 Å². The summed E-state index contributed by atoms with van der Waals surface area (Å²) in [5.74, 6) is -1.29. The number of carbonyl (C=O) groups is 1. The fraction of sp³-hybridized carbons (Fsp3) is 0.111. The summed E-state index contributed by atoms with van der Waals surface area (Å²) in [4.78, 5) is 22.9. The van der Waals surface area contributed by atoms with Crippen molar-refractivity contribution >= 4 is 23.4 Å². The van der Waals surface area contributed by atoms with Crippen molar-refractivity contribution in [1.29, 1.82) is 5.26 Å². The number of nitrogens with one attached hydrogen (secondary N) is 1. The third kappa shape index (κ3) is 4.38. The van der Waals surface area contributed by atoms with Crippen molar-refractivity contribution in [1.82, 2.24) is 0 Å². The number of nitrogens with zero attached hydrogens (tertiary/aromatic N) is 2. The summed E-state index contributed by atoms with van der Waals surface area (Å²) >= 11 is 0. The van der Waals surface area contributed by atoms with E-state index in [0.717, 1.165) is 18.2 Å². The third-order valence-electron chi connectivity index (χ3n) is 3.52. The van der Waals surface area contributed by atoms with Gasteiger partial charge < -0.3 is 14.8 Å². The predicted octanol–water partition coefficient (Wildman–Crippen LogP) is 3.30. The van der Waals surface area contributed by atoms with Crippen LogP contribution in [0.25, 0.3) is 6.08 Å². The van der Waals surface area contributed by atoms with Crippen LogP contribution in [-0.2, 0) is 4.79 Å². The number of halogens is 1. The number of ether oxygens (including phenoxy) is 2. The Kier molecular flexibility index (Phi) is 6.06. The van der Waals surface area contributed by atoms with Crippen LogP contribution in [0.2, 0.25) is 0 Å². The Balaban J connectivity index is 2.47. The second-order valence-electron chi connectivity index (χ2n) is 5.13. The van der Waals surface area contributed by atoms with Gasteiger partial charge in [0.2, 0.25) is 0 Å². The standard InChI is InChI=1S/C18H14FN3O5/c1-26-16-8-11(15(22(24)25)9-17(16)27-2)7-12(10-20)18(23)21-14-6-4-3-5-13(14)19/h3-9H,1-2H3,(H,21,23)/b12-7-. The molecule has 0 aromatic heterocycles. The molecule has 9 heteroatoms. The van der Waals surface area contributed by atoms with Gasteiger partial charge in [-0.3, -0.25) is 14.9 Å². The normalized spacial score (nSPS) is 10.7. The molecule has 2 rings (SSSR count). The molecule has 0 aliphatic carbocycles. The zero-order valence-electron chi connectivity index (χ0n) is 14.4. The third-order valence-corrected chi connectivity index (χ3v) is 3.52. The van der Waals surface area contributed by atoms with Gasteiger partial charge in [-0.1, -0.05) is 12.1 Å². The Labute approximate surface area is 153 Å². The first kappa shape index (κ1) is 19.4. The highest BCUT2D eigenvalue weighted by Crippen LogP contribution is 2.35. The Morgan fingerprint density at radius 3 is 2.44 bits per heavy atom. The van der Waals surface area contributed by atoms with E-state index < -0.39 is 22.2 Å². The van der Waals surface area contributed by atoms with Gasteiger partial charge in [-0.05, 0) is 24.3 Å². The quantitative estimate of drug-likeness (QED) is 0.361. The molecule has 0 bridgehead atoms. The van der Waals surface area contributed by atoms with Gasteiger partial charge in [-0.15, -0.1) is 0 Å². The number of nitro benzene ring substituents is 1. The highest BCUT2D eigenvalue weighted by atomic mass is 19.1. The number of anilines is 1. The topological polar surface area (TPSA) is 114 Å². The second kappa shape index (κ2) is 8.44. The lowest BCUT2D eigenvalue weighted by atomic mass is 10.1. The van der Waals surface area contributed by atoms with Crippen LogP contribution in [0.1, 0.15) is 5.56 Å². The maximum Gasteiger partial charge on any atom is 0.280 e. The van der Waals surface area contributed by atoms with Crippen molar-refractivity contribution in [3.05, 3.63) is 63.5 Å². The summed E-state index contributed by atoms with van der Waals surface area (Å²) in [7, 11) is 2.66. The lowest BCUT2D eigenvalue weighted by Gasteiger charge is -2.09. The summed E-state index contributed by atoms with van der Waals surface area (Å²) in [6.45, 7) is 0. The van der Waals surface area contributed by atoms with Crippen molar-refractivity contribution in [2.24, 2.45) is 0 Å². The molecule has 0 fully saturated rings. The maximum absolute atomic E-state index is 13.7. The number of hydrogen-bond donors (Lipinski definition) is 1. The average Bonchev–Trinajstić information content (AvgIpc) is 2.66. The van der Waals surface area contributed by atoms with Crippen LogP contribution in [0.3, 0.4) is 0 Å². The van der Waals surface area contributed by atoms with Gasteiger partial charge in [-0.25, -0.2) is 4.39 Å². The molecule has 0 heterocycles. The van der Waals surface area contributed by atoms with Crippen molar-refractivity contribution in [2.45, 2.75) is 0 Å². The molecule has 1 amide bonds. The Morgan fingerprint density at radius 1 is 1.26 bits per heavy atom. The van der Waals surface area contributed by atoms with E-state index in [9.17, 15) is 24.6 Å². The molecule has 0 spiro atoms. The molecule has 8 nitrogen and oxygen atoms in total. The zero-order valence-corrected chi connectivity index (χ0v) is 14.4. The van der Waals surface area contributed by atoms with Crippen LogP contribution in [0.5, 0.6) is 11.5 Å². The maximum atomic E-state index is 13.7. The minimum atomic E-state index is -0.910. The highest BCUT2D eigenvalue weighted by molar-refractivity contribution is 6.10. The van der Waals surface area contributed by atoms with Gasteiger partial charge in [0.1, 0.15) is 17.5 Å². The molecule has 27 heavy (non-hydrogen) atoms. The van der Waals surface area contributed by atoms with E-state index in [1.54, 1.807) is 6.07 Å². The monoisotopic (exact) mass is 371 g/mol. The Morgan fingerprint density at radius 2 is 1.89 bits per heavy atom. The fourth-order valence-electron chi connectivity index (χ4n) is 2.21. The fourth-order valence-corrected chi connectivity index (χ4v) is 2.21. The molecular weight excluding hydrogens is 357 g/mol. The Hall–Kier alpha value is -3.93. The molecule has 1 N–H and O–H groups in total. The number of amides is 1. The van der Waals surface area contributed by atoms with E-state index in [-0.39, 0.29) is 28.4 Å². The summed E-state index contributed by atoms with van der Waals surface area (Å²) in [5.41, 5.74) is -1.00. The number of nitro groups is 1. The molecule has 0 atom stereocenters. The molecule has 0 unspecified atom stereocenters. The number of carbonyl (C=O) groups excluding carboxylic acids is 1. The minimum Gasteiger partial charge on any atom is -0.493 e.